The predicted molar refractivity (Wildman–Crippen MR) is 73.6 cm³/mol. The van der Waals surface area contributed by atoms with E-state index in [1.807, 2.05) is 0 Å². The summed E-state index contributed by atoms with van der Waals surface area (Å²) in [6.07, 6.45) is 4.36. The van der Waals surface area contributed by atoms with Crippen molar-refractivity contribution in [3.05, 3.63) is 34.9 Å². The molecule has 0 radical (unpaired) electrons. The molecule has 2 atom stereocenters. The Hall–Kier alpha value is -0.860. The molecule has 2 fully saturated rings. The van der Waals surface area contributed by atoms with Gasteiger partial charge in [-0.3, -0.25) is 0 Å². The van der Waals surface area contributed by atoms with Crippen LogP contribution in [-0.2, 0) is 5.60 Å². The van der Waals surface area contributed by atoms with Gasteiger partial charge in [0.25, 0.3) is 0 Å². The molecule has 1 N–H and O–H groups in total. The molecule has 0 aliphatic carbocycles. The van der Waals surface area contributed by atoms with Crippen LogP contribution in [0.5, 0.6) is 0 Å². The number of rotatable bonds is 1. The lowest BCUT2D eigenvalue weighted by molar-refractivity contribution is -0.0417. The first-order valence-electron chi connectivity index (χ1n) is 7.13. The van der Waals surface area contributed by atoms with Gasteiger partial charge < -0.3 is 10.0 Å². The Balaban J connectivity index is 1.95. The van der Waals surface area contributed by atoms with Gasteiger partial charge in [-0.15, -0.1) is 0 Å². The standard InChI is InChI=1S/C16H23NO/c1-12-5-3-6-13(2)15(12)16(18)8-10-17-9-4-7-14(17)11-16/h3,5-6,14,18H,4,7-11H2,1-2H3/t14-,16-/m1/s1. The predicted octanol–water partition coefficient (Wildman–Crippen LogP) is 2.75. The highest BCUT2D eigenvalue weighted by Crippen LogP contribution is 2.41. The van der Waals surface area contributed by atoms with E-state index in [-0.39, 0.29) is 0 Å². The Labute approximate surface area is 110 Å². The van der Waals surface area contributed by atoms with E-state index in [9.17, 15) is 5.11 Å². The first-order chi connectivity index (χ1) is 8.60. The molecular formula is C16H23NO. The SMILES string of the molecule is Cc1cccc(C)c1[C@@]1(O)CCN2CCC[C@@H]2C1. The number of fused-ring (bicyclic) bond motifs is 1. The topological polar surface area (TPSA) is 23.5 Å². The zero-order chi connectivity index (χ0) is 12.8. The molecule has 0 saturated carbocycles. The molecular weight excluding hydrogens is 222 g/mol. The first-order valence-corrected chi connectivity index (χ1v) is 7.13. The molecule has 2 aliphatic heterocycles. The Kier molecular flexibility index (Phi) is 2.95. The van der Waals surface area contributed by atoms with Gasteiger partial charge in [-0.25, -0.2) is 0 Å². The minimum atomic E-state index is -0.596. The maximum atomic E-state index is 11.1. The van der Waals surface area contributed by atoms with Crippen molar-refractivity contribution < 1.29 is 5.11 Å². The average molecular weight is 245 g/mol. The Bertz CT molecular complexity index is 436. The summed E-state index contributed by atoms with van der Waals surface area (Å²) in [5.74, 6) is 0. The number of nitrogens with zero attached hydrogens (tertiary/aromatic N) is 1. The highest BCUT2D eigenvalue weighted by molar-refractivity contribution is 5.39. The molecule has 18 heavy (non-hydrogen) atoms. The van der Waals surface area contributed by atoms with Crippen molar-refractivity contribution >= 4 is 0 Å². The molecule has 0 spiro atoms. The van der Waals surface area contributed by atoms with Crippen LogP contribution in [0.2, 0.25) is 0 Å². The second-order valence-corrected chi connectivity index (χ2v) is 6.08. The molecule has 2 nitrogen and oxygen atoms in total. The third-order valence-electron chi connectivity index (χ3n) is 4.83. The number of hydrogen-bond acceptors (Lipinski definition) is 2. The molecule has 2 heterocycles. The summed E-state index contributed by atoms with van der Waals surface area (Å²) in [6.45, 7) is 6.53. The highest BCUT2D eigenvalue weighted by atomic mass is 16.3. The highest BCUT2D eigenvalue weighted by Gasteiger charge is 2.42. The van der Waals surface area contributed by atoms with E-state index in [0.29, 0.717) is 6.04 Å². The average Bonchev–Trinajstić information content (AvgIpc) is 2.75. The lowest BCUT2D eigenvalue weighted by Gasteiger charge is -2.42. The maximum Gasteiger partial charge on any atom is 0.0928 e. The second-order valence-electron chi connectivity index (χ2n) is 6.08. The van der Waals surface area contributed by atoms with Gasteiger partial charge >= 0.3 is 0 Å². The minimum Gasteiger partial charge on any atom is -0.385 e. The van der Waals surface area contributed by atoms with Crippen LogP contribution in [0.15, 0.2) is 18.2 Å². The number of aryl methyl sites for hydroxylation is 2. The summed E-state index contributed by atoms with van der Waals surface area (Å²) < 4.78 is 0. The van der Waals surface area contributed by atoms with Crippen LogP contribution in [0, 0.1) is 13.8 Å². The molecule has 0 unspecified atom stereocenters. The summed E-state index contributed by atoms with van der Waals surface area (Å²) >= 11 is 0. The van der Waals surface area contributed by atoms with Crippen LogP contribution < -0.4 is 0 Å². The maximum absolute atomic E-state index is 11.1. The molecule has 1 aromatic carbocycles. The van der Waals surface area contributed by atoms with Crippen molar-refractivity contribution in [1.82, 2.24) is 4.90 Å². The first kappa shape index (κ1) is 12.2. The molecule has 0 bridgehead atoms. The van der Waals surface area contributed by atoms with Crippen molar-refractivity contribution in [2.75, 3.05) is 13.1 Å². The van der Waals surface area contributed by atoms with Gasteiger partial charge in [0.05, 0.1) is 5.60 Å². The van der Waals surface area contributed by atoms with Crippen molar-refractivity contribution in [3.63, 3.8) is 0 Å². The van der Waals surface area contributed by atoms with E-state index in [4.69, 9.17) is 0 Å². The lowest BCUT2D eigenvalue weighted by Crippen LogP contribution is -2.46. The van der Waals surface area contributed by atoms with E-state index in [1.54, 1.807) is 0 Å². The van der Waals surface area contributed by atoms with Gasteiger partial charge in [0.15, 0.2) is 0 Å². The van der Waals surface area contributed by atoms with Crippen molar-refractivity contribution in [3.8, 4) is 0 Å². The van der Waals surface area contributed by atoms with Crippen LogP contribution in [-0.4, -0.2) is 29.1 Å². The fourth-order valence-corrected chi connectivity index (χ4v) is 4.02. The van der Waals surface area contributed by atoms with E-state index in [0.717, 1.165) is 19.4 Å². The van der Waals surface area contributed by atoms with E-state index < -0.39 is 5.60 Å². The zero-order valence-electron chi connectivity index (χ0n) is 11.4. The minimum absolute atomic E-state index is 0.596. The lowest BCUT2D eigenvalue weighted by atomic mass is 9.77. The molecule has 98 valence electrons. The van der Waals surface area contributed by atoms with Gasteiger partial charge in [-0.05, 0) is 62.8 Å². The number of hydrogen-bond donors (Lipinski definition) is 1. The summed E-state index contributed by atoms with van der Waals surface area (Å²) in [5, 5.41) is 11.1. The molecule has 0 amide bonds. The van der Waals surface area contributed by atoms with Crippen LogP contribution >= 0.6 is 0 Å². The van der Waals surface area contributed by atoms with Crippen LogP contribution in [0.25, 0.3) is 0 Å². The van der Waals surface area contributed by atoms with Gasteiger partial charge in [0.2, 0.25) is 0 Å². The fourth-order valence-electron chi connectivity index (χ4n) is 4.02. The Morgan fingerprint density at radius 2 is 1.94 bits per heavy atom. The van der Waals surface area contributed by atoms with Crippen LogP contribution in [0.3, 0.4) is 0 Å². The zero-order valence-corrected chi connectivity index (χ0v) is 11.4. The fraction of sp³-hybridized carbons (Fsp3) is 0.625. The Morgan fingerprint density at radius 1 is 1.22 bits per heavy atom. The van der Waals surface area contributed by atoms with Crippen molar-refractivity contribution in [1.29, 1.82) is 0 Å². The van der Waals surface area contributed by atoms with Crippen LogP contribution in [0.4, 0.5) is 0 Å². The van der Waals surface area contributed by atoms with Gasteiger partial charge in [-0.2, -0.15) is 0 Å². The number of piperidine rings is 1. The molecule has 3 rings (SSSR count). The Morgan fingerprint density at radius 3 is 2.67 bits per heavy atom. The molecule has 2 heteroatoms. The van der Waals surface area contributed by atoms with Gasteiger partial charge in [0.1, 0.15) is 0 Å². The third-order valence-corrected chi connectivity index (χ3v) is 4.83. The third kappa shape index (κ3) is 1.88. The normalized spacial score (nSPS) is 32.5. The molecule has 2 aliphatic rings. The van der Waals surface area contributed by atoms with Gasteiger partial charge in [0, 0.05) is 12.6 Å². The largest absolute Gasteiger partial charge is 0.385 e. The van der Waals surface area contributed by atoms with E-state index in [1.165, 1.54) is 36.1 Å². The monoisotopic (exact) mass is 245 g/mol. The molecule has 1 aromatic rings. The second kappa shape index (κ2) is 4.36. The van der Waals surface area contributed by atoms with Crippen molar-refractivity contribution in [2.24, 2.45) is 0 Å². The van der Waals surface area contributed by atoms with Gasteiger partial charge in [-0.1, -0.05) is 18.2 Å². The van der Waals surface area contributed by atoms with Crippen LogP contribution in [0.1, 0.15) is 42.4 Å². The summed E-state index contributed by atoms with van der Waals surface area (Å²) in [5.41, 5.74) is 3.07. The summed E-state index contributed by atoms with van der Waals surface area (Å²) in [7, 11) is 0. The summed E-state index contributed by atoms with van der Waals surface area (Å²) in [6, 6.07) is 6.94. The number of aliphatic hydroxyl groups is 1. The molecule has 0 aromatic heterocycles. The molecule has 2 saturated heterocycles. The quantitative estimate of drug-likeness (QED) is 0.822. The van der Waals surface area contributed by atoms with E-state index in [2.05, 4.69) is 36.9 Å². The summed E-state index contributed by atoms with van der Waals surface area (Å²) in [4.78, 5) is 2.56. The van der Waals surface area contributed by atoms with Crippen molar-refractivity contribution in [2.45, 2.75) is 51.2 Å². The smallest absolute Gasteiger partial charge is 0.0928 e. The van der Waals surface area contributed by atoms with E-state index >= 15 is 0 Å². The number of benzene rings is 1.